The Morgan fingerprint density at radius 3 is 2.71 bits per heavy atom. The minimum absolute atomic E-state index is 0.316. The van der Waals surface area contributed by atoms with Gasteiger partial charge in [-0.05, 0) is 43.7 Å². The van der Waals surface area contributed by atoms with E-state index in [1.807, 2.05) is 38.1 Å². The van der Waals surface area contributed by atoms with E-state index in [9.17, 15) is 9.59 Å². The van der Waals surface area contributed by atoms with Crippen LogP contribution in [-0.2, 0) is 9.53 Å². The second-order valence-electron chi connectivity index (χ2n) is 5.28. The summed E-state index contributed by atoms with van der Waals surface area (Å²) in [5, 5.41) is 2.63. The lowest BCUT2D eigenvalue weighted by Gasteiger charge is -2.09. The predicted molar refractivity (Wildman–Crippen MR) is 88.9 cm³/mol. The van der Waals surface area contributed by atoms with Crippen LogP contribution in [0.1, 0.15) is 21.6 Å². The quantitative estimate of drug-likeness (QED) is 0.622. The molecule has 6 heteroatoms. The highest BCUT2D eigenvalue weighted by molar-refractivity contribution is 5.90. The molecule has 0 fully saturated rings. The first kappa shape index (κ1) is 17.5. The molecular formula is C18H20N2O4. The summed E-state index contributed by atoms with van der Waals surface area (Å²) in [6.45, 7) is 4.13. The van der Waals surface area contributed by atoms with Gasteiger partial charge in [-0.2, -0.15) is 0 Å². The Bertz CT molecular complexity index is 698. The maximum absolute atomic E-state index is 11.7. The number of aryl methyl sites for hydroxylation is 2. The van der Waals surface area contributed by atoms with E-state index in [0.717, 1.165) is 17.0 Å². The highest BCUT2D eigenvalue weighted by Gasteiger charge is 2.10. The van der Waals surface area contributed by atoms with Crippen molar-refractivity contribution in [3.05, 3.63) is 59.4 Å². The molecule has 6 nitrogen and oxygen atoms in total. The van der Waals surface area contributed by atoms with Gasteiger partial charge in [0.25, 0.3) is 5.91 Å². The Balaban J connectivity index is 1.64. The number of hydrogen-bond acceptors (Lipinski definition) is 5. The highest BCUT2D eigenvalue weighted by atomic mass is 16.5. The Hall–Kier alpha value is -2.89. The molecule has 0 aliphatic rings. The number of carbonyl (C=O) groups is 2. The lowest BCUT2D eigenvalue weighted by atomic mass is 10.2. The molecule has 0 aliphatic heterocycles. The minimum atomic E-state index is -0.575. The van der Waals surface area contributed by atoms with E-state index in [1.165, 1.54) is 6.20 Å². The summed E-state index contributed by atoms with van der Waals surface area (Å²) < 4.78 is 10.4. The number of benzene rings is 1. The fraction of sp³-hybridized carbons (Fsp3) is 0.278. The number of amides is 1. The van der Waals surface area contributed by atoms with Crippen LogP contribution >= 0.6 is 0 Å². The van der Waals surface area contributed by atoms with Gasteiger partial charge in [-0.3, -0.25) is 9.78 Å². The van der Waals surface area contributed by atoms with Crippen molar-refractivity contribution < 1.29 is 19.1 Å². The van der Waals surface area contributed by atoms with Gasteiger partial charge in [0.15, 0.2) is 6.61 Å². The average Bonchev–Trinajstić information content (AvgIpc) is 2.57. The lowest BCUT2D eigenvalue weighted by molar-refractivity contribution is -0.124. The van der Waals surface area contributed by atoms with Gasteiger partial charge in [-0.1, -0.05) is 12.1 Å². The van der Waals surface area contributed by atoms with Crippen LogP contribution in [-0.4, -0.2) is 36.6 Å². The number of aromatic nitrogens is 1. The Morgan fingerprint density at radius 1 is 1.17 bits per heavy atom. The van der Waals surface area contributed by atoms with Gasteiger partial charge < -0.3 is 14.8 Å². The van der Waals surface area contributed by atoms with Crippen molar-refractivity contribution in [3.63, 3.8) is 0 Å². The van der Waals surface area contributed by atoms with Crippen LogP contribution in [0.5, 0.6) is 5.75 Å². The summed E-state index contributed by atoms with van der Waals surface area (Å²) in [4.78, 5) is 27.4. The molecule has 0 aliphatic carbocycles. The smallest absolute Gasteiger partial charge is 0.340 e. The maximum Gasteiger partial charge on any atom is 0.340 e. The van der Waals surface area contributed by atoms with E-state index < -0.39 is 5.97 Å². The Labute approximate surface area is 140 Å². The first-order valence-electron chi connectivity index (χ1n) is 7.60. The summed E-state index contributed by atoms with van der Waals surface area (Å²) in [7, 11) is 0. The number of hydrogen-bond donors (Lipinski definition) is 1. The van der Waals surface area contributed by atoms with Crippen molar-refractivity contribution in [3.8, 4) is 5.75 Å². The van der Waals surface area contributed by atoms with E-state index in [-0.39, 0.29) is 12.5 Å². The molecule has 1 amide bonds. The zero-order chi connectivity index (χ0) is 17.4. The molecule has 1 N–H and O–H groups in total. The molecule has 2 rings (SSSR count). The molecule has 0 spiro atoms. The summed E-state index contributed by atoms with van der Waals surface area (Å²) in [6, 6.07) is 11.0. The third-order valence-corrected chi connectivity index (χ3v) is 3.16. The monoisotopic (exact) mass is 328 g/mol. The van der Waals surface area contributed by atoms with Crippen LogP contribution in [0, 0.1) is 13.8 Å². The predicted octanol–water partition coefficient (Wildman–Crippen LogP) is 2.05. The van der Waals surface area contributed by atoms with Gasteiger partial charge in [-0.15, -0.1) is 0 Å². The molecule has 24 heavy (non-hydrogen) atoms. The maximum atomic E-state index is 11.7. The normalized spacial score (nSPS) is 10.1. The number of nitrogens with zero attached hydrogens (tertiary/aromatic N) is 1. The zero-order valence-corrected chi connectivity index (χ0v) is 13.7. The molecule has 0 saturated carbocycles. The molecule has 1 aromatic carbocycles. The molecule has 126 valence electrons. The van der Waals surface area contributed by atoms with Gasteiger partial charge in [0.1, 0.15) is 12.4 Å². The van der Waals surface area contributed by atoms with E-state index >= 15 is 0 Å². The summed E-state index contributed by atoms with van der Waals surface area (Å²) in [6.07, 6.45) is 1.42. The molecule has 0 bridgehead atoms. The summed E-state index contributed by atoms with van der Waals surface area (Å²) in [5.74, 6) is -0.201. The van der Waals surface area contributed by atoms with Crippen molar-refractivity contribution in [2.75, 3.05) is 19.8 Å². The van der Waals surface area contributed by atoms with Crippen LogP contribution in [0.2, 0.25) is 0 Å². The van der Waals surface area contributed by atoms with Gasteiger partial charge in [0.2, 0.25) is 0 Å². The summed E-state index contributed by atoms with van der Waals surface area (Å²) >= 11 is 0. The van der Waals surface area contributed by atoms with Crippen molar-refractivity contribution in [2.24, 2.45) is 0 Å². The van der Waals surface area contributed by atoms with Crippen LogP contribution < -0.4 is 10.1 Å². The van der Waals surface area contributed by atoms with Crippen LogP contribution in [0.3, 0.4) is 0 Å². The Kier molecular flexibility index (Phi) is 6.31. The molecule has 1 heterocycles. The second-order valence-corrected chi connectivity index (χ2v) is 5.28. The minimum Gasteiger partial charge on any atom is -0.492 e. The summed E-state index contributed by atoms with van der Waals surface area (Å²) in [5.41, 5.74) is 2.23. The number of rotatable bonds is 7. The number of carbonyl (C=O) groups excluding carboxylic acids is 2. The molecule has 0 radical (unpaired) electrons. The Morgan fingerprint density at radius 2 is 2.00 bits per heavy atom. The lowest BCUT2D eigenvalue weighted by Crippen LogP contribution is -2.32. The first-order chi connectivity index (χ1) is 11.5. The molecule has 2 aromatic rings. The molecule has 0 saturated heterocycles. The van der Waals surface area contributed by atoms with Gasteiger partial charge >= 0.3 is 5.97 Å². The highest BCUT2D eigenvalue weighted by Crippen LogP contribution is 2.11. The van der Waals surface area contributed by atoms with E-state index in [0.29, 0.717) is 18.7 Å². The fourth-order valence-electron chi connectivity index (χ4n) is 1.92. The van der Waals surface area contributed by atoms with E-state index in [2.05, 4.69) is 10.3 Å². The topological polar surface area (TPSA) is 77.5 Å². The van der Waals surface area contributed by atoms with E-state index in [4.69, 9.17) is 9.47 Å². The average molecular weight is 328 g/mol. The van der Waals surface area contributed by atoms with Crippen molar-refractivity contribution >= 4 is 11.9 Å². The van der Waals surface area contributed by atoms with Crippen molar-refractivity contribution in [2.45, 2.75) is 13.8 Å². The second kappa shape index (κ2) is 8.67. The molecule has 1 aromatic heterocycles. The SMILES string of the molecule is Cc1cccc(OCCNC(=O)COC(=O)c2ccc(C)nc2)c1. The van der Waals surface area contributed by atoms with Crippen LogP contribution in [0.15, 0.2) is 42.6 Å². The molecule has 0 unspecified atom stereocenters. The van der Waals surface area contributed by atoms with Crippen LogP contribution in [0.25, 0.3) is 0 Å². The number of pyridine rings is 1. The van der Waals surface area contributed by atoms with Crippen molar-refractivity contribution in [1.29, 1.82) is 0 Å². The number of ether oxygens (including phenoxy) is 2. The first-order valence-corrected chi connectivity index (χ1v) is 7.60. The standard InChI is InChI=1S/C18H20N2O4/c1-13-4-3-5-16(10-13)23-9-8-19-17(21)12-24-18(22)15-7-6-14(2)20-11-15/h3-7,10-11H,8-9,12H2,1-2H3,(H,19,21). The molecule has 0 atom stereocenters. The zero-order valence-electron chi connectivity index (χ0n) is 13.7. The van der Waals surface area contributed by atoms with Gasteiger partial charge in [0, 0.05) is 11.9 Å². The van der Waals surface area contributed by atoms with Gasteiger partial charge in [0.05, 0.1) is 12.1 Å². The van der Waals surface area contributed by atoms with Crippen LogP contribution in [0.4, 0.5) is 0 Å². The van der Waals surface area contributed by atoms with Crippen molar-refractivity contribution in [1.82, 2.24) is 10.3 Å². The number of esters is 1. The van der Waals surface area contributed by atoms with Gasteiger partial charge in [-0.25, -0.2) is 4.79 Å². The molecular weight excluding hydrogens is 308 g/mol. The number of nitrogens with one attached hydrogen (secondary N) is 1. The third kappa shape index (κ3) is 5.72. The fourth-order valence-corrected chi connectivity index (χ4v) is 1.92. The van der Waals surface area contributed by atoms with E-state index in [1.54, 1.807) is 12.1 Å². The third-order valence-electron chi connectivity index (χ3n) is 3.16. The largest absolute Gasteiger partial charge is 0.492 e.